The summed E-state index contributed by atoms with van der Waals surface area (Å²) in [5.41, 5.74) is 0.708. The minimum Gasteiger partial charge on any atom is -0.389 e. The third-order valence-electron chi connectivity index (χ3n) is 5.27. The van der Waals surface area contributed by atoms with Crippen molar-refractivity contribution in [1.29, 1.82) is 0 Å². The Bertz CT molecular complexity index is 593. The fraction of sp³-hybridized carbons (Fsp3) is 0.611. The van der Waals surface area contributed by atoms with Crippen LogP contribution in [0.1, 0.15) is 19.3 Å². The summed E-state index contributed by atoms with van der Waals surface area (Å²) >= 11 is 0. The van der Waals surface area contributed by atoms with Crippen LogP contribution >= 0.6 is 0 Å². The van der Waals surface area contributed by atoms with Crippen LogP contribution in [0.4, 0.5) is 10.5 Å². The van der Waals surface area contributed by atoms with Gasteiger partial charge in [-0.2, -0.15) is 0 Å². The number of hydrogen-bond donors (Lipinski definition) is 3. The van der Waals surface area contributed by atoms with Gasteiger partial charge in [0.25, 0.3) is 0 Å². The van der Waals surface area contributed by atoms with E-state index >= 15 is 0 Å². The van der Waals surface area contributed by atoms with Gasteiger partial charge in [0.1, 0.15) is 6.10 Å². The van der Waals surface area contributed by atoms with Crippen LogP contribution in [0.2, 0.25) is 0 Å². The Morgan fingerprint density at radius 1 is 1.16 bits per heavy atom. The number of carbonyl (C=O) groups is 1. The normalized spacial score (nSPS) is 35.3. The highest BCUT2D eigenvalue weighted by atomic mass is 16.7. The number of carbonyl (C=O) groups excluding carboxylic acids is 1. The zero-order valence-corrected chi connectivity index (χ0v) is 14.1. The molecule has 0 saturated carbocycles. The Labute approximate surface area is 147 Å². The minimum atomic E-state index is -0.717. The van der Waals surface area contributed by atoms with Crippen LogP contribution in [0.25, 0.3) is 0 Å². The molecule has 5 atom stereocenters. The molecule has 3 aliphatic rings. The number of benzene rings is 1. The Kier molecular flexibility index (Phi) is 4.89. The number of likely N-dealkylation sites (tertiary alicyclic amines) is 1. The lowest BCUT2D eigenvalue weighted by molar-refractivity contribution is -0.183. The summed E-state index contributed by atoms with van der Waals surface area (Å²) in [5, 5.41) is 16.6. The van der Waals surface area contributed by atoms with E-state index in [4.69, 9.17) is 9.47 Å². The molecule has 0 radical (unpaired) electrons. The lowest BCUT2D eigenvalue weighted by atomic mass is 9.93. The second-order valence-electron chi connectivity index (χ2n) is 6.94. The van der Waals surface area contributed by atoms with E-state index in [0.717, 1.165) is 25.9 Å². The number of urea groups is 1. The number of aliphatic hydroxyl groups excluding tert-OH is 1. The van der Waals surface area contributed by atoms with Crippen molar-refractivity contribution in [3.05, 3.63) is 30.3 Å². The molecule has 7 nitrogen and oxygen atoms in total. The number of ether oxygens (including phenoxy) is 2. The highest BCUT2D eigenvalue weighted by Gasteiger charge is 2.52. The van der Waals surface area contributed by atoms with Crippen LogP contribution in [-0.4, -0.2) is 66.3 Å². The van der Waals surface area contributed by atoms with Crippen molar-refractivity contribution < 1.29 is 19.4 Å². The predicted molar refractivity (Wildman–Crippen MR) is 92.2 cm³/mol. The van der Waals surface area contributed by atoms with Crippen molar-refractivity contribution in [2.75, 3.05) is 25.0 Å². The van der Waals surface area contributed by atoms with Gasteiger partial charge in [0, 0.05) is 5.69 Å². The van der Waals surface area contributed by atoms with E-state index in [1.54, 1.807) is 0 Å². The Balaban J connectivity index is 1.44. The van der Waals surface area contributed by atoms with Gasteiger partial charge in [-0.1, -0.05) is 24.6 Å². The summed E-state index contributed by atoms with van der Waals surface area (Å²) in [6.07, 6.45) is 2.01. The number of amides is 2. The zero-order chi connectivity index (χ0) is 17.2. The molecule has 2 amide bonds. The zero-order valence-electron chi connectivity index (χ0n) is 14.1. The van der Waals surface area contributed by atoms with E-state index in [9.17, 15) is 9.90 Å². The van der Waals surface area contributed by atoms with Crippen molar-refractivity contribution in [1.82, 2.24) is 10.2 Å². The van der Waals surface area contributed by atoms with E-state index in [1.807, 2.05) is 30.3 Å². The number of anilines is 1. The fourth-order valence-corrected chi connectivity index (χ4v) is 4.02. The Morgan fingerprint density at radius 2 is 1.92 bits per heavy atom. The van der Waals surface area contributed by atoms with Gasteiger partial charge in [-0.3, -0.25) is 4.90 Å². The molecule has 3 aliphatic heterocycles. The Morgan fingerprint density at radius 3 is 2.68 bits per heavy atom. The van der Waals surface area contributed by atoms with Gasteiger partial charge in [0.05, 0.1) is 24.8 Å². The maximum absolute atomic E-state index is 12.3. The molecule has 3 saturated heterocycles. The lowest BCUT2D eigenvalue weighted by Crippen LogP contribution is -2.66. The second kappa shape index (κ2) is 7.29. The average Bonchev–Trinajstić information content (AvgIpc) is 3.06. The highest BCUT2D eigenvalue weighted by molar-refractivity contribution is 5.89. The SMILES string of the molecule is O=C(Nc1ccccc1)N[C@H]1[C@H](O)[C@@H](N2CCCCC2)[C@@H]2OC[C@H]1O2. The number of rotatable bonds is 3. The number of piperidine rings is 1. The first kappa shape index (κ1) is 16.8. The highest BCUT2D eigenvalue weighted by Crippen LogP contribution is 2.32. The monoisotopic (exact) mass is 347 g/mol. The van der Waals surface area contributed by atoms with Gasteiger partial charge in [-0.15, -0.1) is 0 Å². The molecule has 1 aromatic rings. The van der Waals surface area contributed by atoms with Gasteiger partial charge < -0.3 is 25.2 Å². The molecule has 136 valence electrons. The van der Waals surface area contributed by atoms with Crippen molar-refractivity contribution in [3.63, 3.8) is 0 Å². The molecule has 3 N–H and O–H groups in total. The van der Waals surface area contributed by atoms with Crippen LogP contribution < -0.4 is 10.6 Å². The number of aliphatic hydroxyl groups is 1. The number of para-hydroxylation sites is 1. The first-order valence-electron chi connectivity index (χ1n) is 9.04. The molecule has 7 heteroatoms. The van der Waals surface area contributed by atoms with Crippen molar-refractivity contribution in [2.24, 2.45) is 0 Å². The van der Waals surface area contributed by atoms with Crippen molar-refractivity contribution in [3.8, 4) is 0 Å². The van der Waals surface area contributed by atoms with Crippen LogP contribution in [0.3, 0.4) is 0 Å². The van der Waals surface area contributed by atoms with Gasteiger partial charge in [0.15, 0.2) is 6.29 Å². The number of nitrogens with zero attached hydrogens (tertiary/aromatic N) is 1. The third-order valence-corrected chi connectivity index (χ3v) is 5.27. The lowest BCUT2D eigenvalue weighted by Gasteiger charge is -2.45. The molecular weight excluding hydrogens is 322 g/mol. The molecule has 4 rings (SSSR count). The predicted octanol–water partition coefficient (Wildman–Crippen LogP) is 1.15. The number of nitrogens with one attached hydrogen (secondary N) is 2. The van der Waals surface area contributed by atoms with Gasteiger partial charge >= 0.3 is 6.03 Å². The molecule has 0 aliphatic carbocycles. The van der Waals surface area contributed by atoms with Gasteiger partial charge in [-0.25, -0.2) is 4.79 Å². The van der Waals surface area contributed by atoms with Crippen molar-refractivity contribution in [2.45, 2.75) is 49.8 Å². The topological polar surface area (TPSA) is 83.1 Å². The molecule has 25 heavy (non-hydrogen) atoms. The molecule has 1 aromatic carbocycles. The number of hydrogen-bond acceptors (Lipinski definition) is 5. The van der Waals surface area contributed by atoms with Gasteiger partial charge in [-0.05, 0) is 38.1 Å². The quantitative estimate of drug-likeness (QED) is 0.764. The standard InChI is InChI=1S/C18H25N3O4/c22-16-14(20-18(23)19-12-7-3-1-4-8-12)13-11-24-17(25-13)15(16)21-9-5-2-6-10-21/h1,3-4,7-8,13-17,22H,2,5-6,9-11H2,(H2,19,20,23)/t13-,14-,15-,16+,17-/m1/s1. The summed E-state index contributed by atoms with van der Waals surface area (Å²) < 4.78 is 11.7. The molecule has 3 fully saturated rings. The van der Waals surface area contributed by atoms with E-state index in [-0.39, 0.29) is 18.2 Å². The molecule has 2 bridgehead atoms. The largest absolute Gasteiger partial charge is 0.389 e. The molecule has 0 aromatic heterocycles. The fourth-order valence-electron chi connectivity index (χ4n) is 4.02. The van der Waals surface area contributed by atoms with E-state index in [1.165, 1.54) is 6.42 Å². The Hall–Kier alpha value is -1.67. The van der Waals surface area contributed by atoms with E-state index in [0.29, 0.717) is 12.3 Å². The number of fused-ring (bicyclic) bond motifs is 2. The summed E-state index contributed by atoms with van der Waals surface area (Å²) in [6.45, 7) is 2.25. The first-order chi connectivity index (χ1) is 12.2. The summed E-state index contributed by atoms with van der Waals surface area (Å²) in [6, 6.07) is 8.17. The summed E-state index contributed by atoms with van der Waals surface area (Å²) in [7, 11) is 0. The maximum Gasteiger partial charge on any atom is 0.319 e. The van der Waals surface area contributed by atoms with Gasteiger partial charge in [0.2, 0.25) is 0 Å². The second-order valence-corrected chi connectivity index (χ2v) is 6.94. The molecule has 0 spiro atoms. The molecular formula is C18H25N3O4. The van der Waals surface area contributed by atoms with Crippen molar-refractivity contribution >= 4 is 11.7 Å². The summed E-state index contributed by atoms with van der Waals surface area (Å²) in [4.78, 5) is 14.6. The summed E-state index contributed by atoms with van der Waals surface area (Å²) in [5.74, 6) is 0. The first-order valence-corrected chi connectivity index (χ1v) is 9.04. The van der Waals surface area contributed by atoms with E-state index in [2.05, 4.69) is 15.5 Å². The maximum atomic E-state index is 12.3. The smallest absolute Gasteiger partial charge is 0.319 e. The molecule has 0 unspecified atom stereocenters. The minimum absolute atomic E-state index is 0.235. The van der Waals surface area contributed by atoms with Crippen LogP contribution in [0.5, 0.6) is 0 Å². The van der Waals surface area contributed by atoms with Crippen LogP contribution in [-0.2, 0) is 9.47 Å². The van der Waals surface area contributed by atoms with Crippen LogP contribution in [0, 0.1) is 0 Å². The van der Waals surface area contributed by atoms with E-state index < -0.39 is 18.4 Å². The van der Waals surface area contributed by atoms with Crippen LogP contribution in [0.15, 0.2) is 30.3 Å². The third kappa shape index (κ3) is 3.50. The average molecular weight is 347 g/mol. The molecule has 3 heterocycles.